The van der Waals surface area contributed by atoms with Crippen LogP contribution in [-0.2, 0) is 16.0 Å². The minimum absolute atomic E-state index is 0.0455. The number of benzene rings is 2. The van der Waals surface area contributed by atoms with Crippen LogP contribution in [0, 0.1) is 0 Å². The average molecular weight is 399 g/mol. The standard InChI is InChI=1S/C20H21N3O4S/c1-2-27-11-10-15-18(25)22-20(23-19(15)26)28-12-17(24)21-16-9-5-7-13-6-3-4-8-14(13)16/h3-9H,2,10-12H2,1H3,(H,21,24)(H2,22,23,25,26). The third-order valence-electron chi connectivity index (χ3n) is 4.08. The quantitative estimate of drug-likeness (QED) is 0.306. The van der Waals surface area contributed by atoms with Gasteiger partial charge in [-0.1, -0.05) is 48.2 Å². The van der Waals surface area contributed by atoms with E-state index < -0.39 is 5.56 Å². The second kappa shape index (κ2) is 9.38. The van der Waals surface area contributed by atoms with Gasteiger partial charge in [-0.3, -0.25) is 9.59 Å². The van der Waals surface area contributed by atoms with E-state index in [0.717, 1.165) is 28.2 Å². The van der Waals surface area contributed by atoms with Crippen LogP contribution in [-0.4, -0.2) is 39.9 Å². The molecule has 0 fully saturated rings. The third-order valence-corrected chi connectivity index (χ3v) is 4.95. The van der Waals surface area contributed by atoms with Crippen molar-refractivity contribution in [2.24, 2.45) is 0 Å². The number of hydrogen-bond acceptors (Lipinski definition) is 6. The number of hydrogen-bond donors (Lipinski definition) is 3. The first-order valence-electron chi connectivity index (χ1n) is 8.88. The highest BCUT2D eigenvalue weighted by Gasteiger charge is 2.13. The van der Waals surface area contributed by atoms with Crippen LogP contribution in [0.15, 0.2) is 52.4 Å². The normalized spacial score (nSPS) is 10.9. The number of anilines is 1. The summed E-state index contributed by atoms with van der Waals surface area (Å²) in [4.78, 5) is 31.0. The van der Waals surface area contributed by atoms with Crippen LogP contribution in [0.1, 0.15) is 12.5 Å². The molecule has 0 saturated heterocycles. The van der Waals surface area contributed by atoms with E-state index >= 15 is 0 Å². The Morgan fingerprint density at radius 2 is 2.04 bits per heavy atom. The molecule has 0 unspecified atom stereocenters. The molecule has 0 radical (unpaired) electrons. The molecule has 0 bridgehead atoms. The molecule has 0 atom stereocenters. The van der Waals surface area contributed by atoms with Crippen molar-refractivity contribution in [3.63, 3.8) is 0 Å². The Hall–Kier alpha value is -2.84. The van der Waals surface area contributed by atoms with E-state index in [2.05, 4.69) is 15.3 Å². The maximum absolute atomic E-state index is 12.3. The van der Waals surface area contributed by atoms with Gasteiger partial charge in [0.15, 0.2) is 5.16 Å². The molecular weight excluding hydrogens is 378 g/mol. The molecule has 3 N–H and O–H groups in total. The lowest BCUT2D eigenvalue weighted by Gasteiger charge is -2.09. The average Bonchev–Trinajstić information content (AvgIpc) is 2.69. The van der Waals surface area contributed by atoms with Gasteiger partial charge in [0.05, 0.1) is 17.9 Å². The minimum Gasteiger partial charge on any atom is -0.493 e. The van der Waals surface area contributed by atoms with Crippen molar-refractivity contribution in [1.82, 2.24) is 9.97 Å². The van der Waals surface area contributed by atoms with E-state index in [-0.39, 0.29) is 34.7 Å². The second-order valence-electron chi connectivity index (χ2n) is 5.98. The number of aromatic nitrogens is 2. The molecule has 1 amide bonds. The minimum atomic E-state index is -0.427. The molecule has 7 nitrogen and oxygen atoms in total. The van der Waals surface area contributed by atoms with Crippen LogP contribution in [0.25, 0.3) is 10.8 Å². The lowest BCUT2D eigenvalue weighted by Crippen LogP contribution is -2.18. The molecule has 1 heterocycles. The molecule has 0 saturated carbocycles. The van der Waals surface area contributed by atoms with Gasteiger partial charge < -0.3 is 20.1 Å². The number of ether oxygens (including phenoxy) is 1. The zero-order chi connectivity index (χ0) is 19.9. The first-order valence-corrected chi connectivity index (χ1v) is 9.87. The monoisotopic (exact) mass is 399 g/mol. The first-order chi connectivity index (χ1) is 13.6. The van der Waals surface area contributed by atoms with Crippen molar-refractivity contribution in [2.45, 2.75) is 18.5 Å². The van der Waals surface area contributed by atoms with E-state index in [4.69, 9.17) is 4.74 Å². The zero-order valence-corrected chi connectivity index (χ0v) is 16.2. The highest BCUT2D eigenvalue weighted by molar-refractivity contribution is 7.99. The number of carbonyl (C=O) groups is 1. The lowest BCUT2D eigenvalue weighted by atomic mass is 10.1. The van der Waals surface area contributed by atoms with Crippen molar-refractivity contribution in [3.8, 4) is 5.88 Å². The number of nitrogens with zero attached hydrogens (tertiary/aromatic N) is 1. The second-order valence-corrected chi connectivity index (χ2v) is 6.95. The molecule has 2 aromatic carbocycles. The third kappa shape index (κ3) is 4.90. The Balaban J connectivity index is 1.63. The highest BCUT2D eigenvalue weighted by Crippen LogP contribution is 2.23. The fourth-order valence-electron chi connectivity index (χ4n) is 2.73. The summed E-state index contributed by atoms with van der Waals surface area (Å²) in [5.74, 6) is -0.520. The van der Waals surface area contributed by atoms with E-state index in [9.17, 15) is 14.7 Å². The molecule has 8 heteroatoms. The fourth-order valence-corrected chi connectivity index (χ4v) is 3.39. The summed E-state index contributed by atoms with van der Waals surface area (Å²) in [7, 11) is 0. The van der Waals surface area contributed by atoms with E-state index in [1.54, 1.807) is 0 Å². The van der Waals surface area contributed by atoms with Crippen LogP contribution in [0.4, 0.5) is 5.69 Å². The number of H-pyrrole nitrogens is 1. The predicted octanol–water partition coefficient (Wildman–Crippen LogP) is 2.94. The maximum atomic E-state index is 12.3. The highest BCUT2D eigenvalue weighted by atomic mass is 32.2. The molecular formula is C20H21N3O4S. The predicted molar refractivity (Wildman–Crippen MR) is 110 cm³/mol. The van der Waals surface area contributed by atoms with Gasteiger partial charge in [0.25, 0.3) is 5.56 Å². The van der Waals surface area contributed by atoms with Crippen LogP contribution < -0.4 is 10.9 Å². The van der Waals surface area contributed by atoms with Crippen LogP contribution in [0.3, 0.4) is 0 Å². The van der Waals surface area contributed by atoms with E-state index in [0.29, 0.717) is 13.2 Å². The van der Waals surface area contributed by atoms with Crippen LogP contribution >= 0.6 is 11.8 Å². The van der Waals surface area contributed by atoms with Crippen LogP contribution in [0.2, 0.25) is 0 Å². The summed E-state index contributed by atoms with van der Waals surface area (Å²) in [6, 6.07) is 13.5. The molecule has 0 spiro atoms. The fraction of sp³-hybridized carbons (Fsp3) is 0.250. The Kier molecular flexibility index (Phi) is 6.67. The summed E-state index contributed by atoms with van der Waals surface area (Å²) in [5, 5.41) is 15.0. The molecule has 28 heavy (non-hydrogen) atoms. The number of amides is 1. The molecule has 3 aromatic rings. The molecule has 0 aliphatic heterocycles. The summed E-state index contributed by atoms with van der Waals surface area (Å²) in [6.07, 6.45) is 0.272. The molecule has 0 aliphatic rings. The number of nitrogens with one attached hydrogen (secondary N) is 2. The number of rotatable bonds is 8. The lowest BCUT2D eigenvalue weighted by molar-refractivity contribution is -0.113. The largest absolute Gasteiger partial charge is 0.493 e. The summed E-state index contributed by atoms with van der Waals surface area (Å²) < 4.78 is 5.19. The van der Waals surface area contributed by atoms with Crippen molar-refractivity contribution < 1.29 is 14.6 Å². The van der Waals surface area contributed by atoms with Crippen molar-refractivity contribution in [1.29, 1.82) is 0 Å². The van der Waals surface area contributed by atoms with Gasteiger partial charge in [0.2, 0.25) is 11.8 Å². The summed E-state index contributed by atoms with van der Waals surface area (Å²) in [6.45, 7) is 2.71. The van der Waals surface area contributed by atoms with Gasteiger partial charge >= 0.3 is 0 Å². The molecule has 146 valence electrons. The van der Waals surface area contributed by atoms with Crippen LogP contribution in [0.5, 0.6) is 5.88 Å². The number of carbonyl (C=O) groups excluding carboxylic acids is 1. The van der Waals surface area contributed by atoms with Crippen molar-refractivity contribution in [3.05, 3.63) is 58.4 Å². The summed E-state index contributed by atoms with van der Waals surface area (Å²) >= 11 is 1.05. The van der Waals surface area contributed by atoms with Gasteiger partial charge in [-0.15, -0.1) is 0 Å². The number of aromatic hydroxyl groups is 1. The maximum Gasteiger partial charge on any atom is 0.258 e. The Morgan fingerprint density at radius 3 is 2.82 bits per heavy atom. The zero-order valence-electron chi connectivity index (χ0n) is 15.4. The Morgan fingerprint density at radius 1 is 1.25 bits per heavy atom. The Labute approximate surface area is 166 Å². The topological polar surface area (TPSA) is 104 Å². The van der Waals surface area contributed by atoms with Gasteiger partial charge in [-0.2, -0.15) is 4.98 Å². The van der Waals surface area contributed by atoms with Gasteiger partial charge in [0, 0.05) is 24.1 Å². The van der Waals surface area contributed by atoms with Crippen molar-refractivity contribution in [2.75, 3.05) is 24.3 Å². The SMILES string of the molecule is CCOCCc1c(O)nc(SCC(=O)Nc2cccc3ccccc23)[nH]c1=O. The Bertz CT molecular complexity index is 1030. The number of thioether (sulfide) groups is 1. The number of aromatic amines is 1. The van der Waals surface area contributed by atoms with E-state index in [1.807, 2.05) is 49.4 Å². The number of fused-ring (bicyclic) bond motifs is 1. The van der Waals surface area contributed by atoms with Gasteiger partial charge in [-0.05, 0) is 18.4 Å². The van der Waals surface area contributed by atoms with Gasteiger partial charge in [0.1, 0.15) is 0 Å². The van der Waals surface area contributed by atoms with Crippen molar-refractivity contribution >= 4 is 34.1 Å². The van der Waals surface area contributed by atoms with Gasteiger partial charge in [-0.25, -0.2) is 0 Å². The molecule has 3 rings (SSSR count). The molecule has 0 aliphatic carbocycles. The molecule has 1 aromatic heterocycles. The summed E-state index contributed by atoms with van der Waals surface area (Å²) in [5.41, 5.74) is 0.474. The first kappa shape index (κ1) is 19.9. The smallest absolute Gasteiger partial charge is 0.258 e. The van der Waals surface area contributed by atoms with E-state index in [1.165, 1.54) is 0 Å².